The highest BCUT2D eigenvalue weighted by molar-refractivity contribution is 8.00. The Morgan fingerprint density at radius 3 is 2.46 bits per heavy atom. The van der Waals surface area contributed by atoms with Crippen LogP contribution in [0.2, 0.25) is 0 Å². The van der Waals surface area contributed by atoms with E-state index in [4.69, 9.17) is 0 Å². The number of hydrogen-bond donors (Lipinski definition) is 1. The Bertz CT molecular complexity index is 182. The van der Waals surface area contributed by atoms with E-state index in [1.54, 1.807) is 11.8 Å². The largest absolute Gasteiger partial charge is 0.392 e. The maximum Gasteiger partial charge on any atom is 0.0639 e. The van der Waals surface area contributed by atoms with Crippen LogP contribution in [0.15, 0.2) is 0 Å². The molecule has 0 aromatic carbocycles. The lowest BCUT2D eigenvalue weighted by molar-refractivity contribution is 0.191. The van der Waals surface area contributed by atoms with Crippen LogP contribution in [0.1, 0.15) is 40.5 Å². The molecular weight excluding hydrogens is 180 g/mol. The highest BCUT2D eigenvalue weighted by atomic mass is 32.2. The predicted octanol–water partition coefficient (Wildman–Crippen LogP) is 2.68. The van der Waals surface area contributed by atoms with Crippen LogP contribution in [-0.2, 0) is 0 Å². The Balaban J connectivity index is 3.49. The molecule has 0 aromatic rings. The van der Waals surface area contributed by atoms with Crippen molar-refractivity contribution in [2.75, 3.05) is 5.75 Å². The topological polar surface area (TPSA) is 20.2 Å². The van der Waals surface area contributed by atoms with Gasteiger partial charge in [0.15, 0.2) is 0 Å². The third kappa shape index (κ3) is 9.79. The first-order chi connectivity index (χ1) is 5.95. The molecule has 0 saturated heterocycles. The van der Waals surface area contributed by atoms with Crippen molar-refractivity contribution in [3.8, 4) is 11.8 Å². The molecule has 0 saturated carbocycles. The molecule has 13 heavy (non-hydrogen) atoms. The van der Waals surface area contributed by atoms with E-state index in [1.165, 1.54) is 0 Å². The molecule has 1 nitrogen and oxygen atoms in total. The van der Waals surface area contributed by atoms with Gasteiger partial charge in [-0.1, -0.05) is 20.8 Å². The van der Waals surface area contributed by atoms with Gasteiger partial charge < -0.3 is 5.11 Å². The number of aliphatic hydroxyl groups is 1. The molecule has 2 heteroatoms. The quantitative estimate of drug-likeness (QED) is 0.704. The van der Waals surface area contributed by atoms with Crippen LogP contribution in [0, 0.1) is 11.8 Å². The van der Waals surface area contributed by atoms with Gasteiger partial charge in [-0.25, -0.2) is 0 Å². The molecule has 0 aliphatic heterocycles. The molecular formula is C11H20OS. The van der Waals surface area contributed by atoms with Crippen molar-refractivity contribution in [3.63, 3.8) is 0 Å². The van der Waals surface area contributed by atoms with Gasteiger partial charge in [0.25, 0.3) is 0 Å². The molecule has 0 radical (unpaired) electrons. The average Bonchev–Trinajstić information content (AvgIpc) is 2.00. The van der Waals surface area contributed by atoms with Gasteiger partial charge in [-0.15, -0.1) is 11.8 Å². The number of thioether (sulfide) groups is 1. The van der Waals surface area contributed by atoms with Gasteiger partial charge in [0, 0.05) is 16.9 Å². The van der Waals surface area contributed by atoms with Crippen molar-refractivity contribution in [2.45, 2.75) is 51.4 Å². The lowest BCUT2D eigenvalue weighted by atomic mass is 10.2. The summed E-state index contributed by atoms with van der Waals surface area (Å²) in [5.74, 6) is 6.60. The smallest absolute Gasteiger partial charge is 0.0639 e. The van der Waals surface area contributed by atoms with Crippen LogP contribution < -0.4 is 0 Å². The monoisotopic (exact) mass is 200 g/mol. The van der Waals surface area contributed by atoms with E-state index < -0.39 is 0 Å². The second kappa shape index (κ2) is 6.34. The lowest BCUT2D eigenvalue weighted by Crippen LogP contribution is -2.16. The fourth-order valence-corrected chi connectivity index (χ4v) is 1.65. The minimum atomic E-state index is -0.204. The molecule has 0 bridgehead atoms. The molecule has 0 amide bonds. The van der Waals surface area contributed by atoms with Crippen molar-refractivity contribution < 1.29 is 5.11 Å². The van der Waals surface area contributed by atoms with Gasteiger partial charge >= 0.3 is 0 Å². The zero-order chi connectivity index (χ0) is 10.3. The fraction of sp³-hybridized carbons (Fsp3) is 0.818. The fourth-order valence-electron chi connectivity index (χ4n) is 0.793. The molecule has 0 aliphatic rings. The van der Waals surface area contributed by atoms with Crippen molar-refractivity contribution >= 4 is 11.8 Å². The first-order valence-corrected chi connectivity index (χ1v) is 5.66. The van der Waals surface area contributed by atoms with Crippen molar-refractivity contribution in [3.05, 3.63) is 0 Å². The summed E-state index contributed by atoms with van der Waals surface area (Å²) >= 11 is 1.80. The molecule has 0 aromatic heterocycles. The molecule has 0 rings (SSSR count). The van der Waals surface area contributed by atoms with E-state index >= 15 is 0 Å². The predicted molar refractivity (Wildman–Crippen MR) is 60.9 cm³/mol. The highest BCUT2D eigenvalue weighted by Gasteiger charge is 2.13. The summed E-state index contributed by atoms with van der Waals surface area (Å²) in [5.41, 5.74) is 0. The number of hydrogen-bond acceptors (Lipinski definition) is 2. The Hall–Kier alpha value is -0.130. The van der Waals surface area contributed by atoms with Crippen LogP contribution in [-0.4, -0.2) is 21.7 Å². The van der Waals surface area contributed by atoms with E-state index in [9.17, 15) is 5.11 Å². The van der Waals surface area contributed by atoms with Gasteiger partial charge in [0.05, 0.1) is 6.10 Å². The summed E-state index contributed by atoms with van der Waals surface area (Å²) in [5, 5.41) is 9.55. The SMILES string of the molecule is CC#CCCC(O)CSC(C)(C)C. The van der Waals surface area contributed by atoms with E-state index in [2.05, 4.69) is 32.6 Å². The summed E-state index contributed by atoms with van der Waals surface area (Å²) in [6.07, 6.45) is 1.40. The molecule has 76 valence electrons. The molecule has 1 N–H and O–H groups in total. The Labute approximate surface area is 86.3 Å². The van der Waals surface area contributed by atoms with Gasteiger partial charge in [-0.2, -0.15) is 11.8 Å². The summed E-state index contributed by atoms with van der Waals surface area (Å²) in [6, 6.07) is 0. The first-order valence-electron chi connectivity index (χ1n) is 4.67. The van der Waals surface area contributed by atoms with E-state index in [0.29, 0.717) is 0 Å². The zero-order valence-electron chi connectivity index (χ0n) is 9.05. The lowest BCUT2D eigenvalue weighted by Gasteiger charge is -2.19. The van der Waals surface area contributed by atoms with Crippen LogP contribution in [0.5, 0.6) is 0 Å². The summed E-state index contributed by atoms with van der Waals surface area (Å²) < 4.78 is 0.247. The van der Waals surface area contributed by atoms with Gasteiger partial charge in [-0.3, -0.25) is 0 Å². The Morgan fingerprint density at radius 1 is 1.38 bits per heavy atom. The Kier molecular flexibility index (Phi) is 6.28. The van der Waals surface area contributed by atoms with Gasteiger partial charge in [-0.05, 0) is 13.3 Å². The van der Waals surface area contributed by atoms with Crippen LogP contribution in [0.25, 0.3) is 0 Å². The zero-order valence-corrected chi connectivity index (χ0v) is 9.87. The molecule has 0 heterocycles. The Morgan fingerprint density at radius 2 is 2.00 bits per heavy atom. The van der Waals surface area contributed by atoms with Crippen LogP contribution in [0.4, 0.5) is 0 Å². The molecule has 1 unspecified atom stereocenters. The second-order valence-corrected chi connectivity index (χ2v) is 5.89. The third-order valence-electron chi connectivity index (χ3n) is 1.49. The van der Waals surface area contributed by atoms with Crippen LogP contribution in [0.3, 0.4) is 0 Å². The van der Waals surface area contributed by atoms with E-state index in [1.807, 2.05) is 6.92 Å². The van der Waals surface area contributed by atoms with Crippen molar-refractivity contribution in [2.24, 2.45) is 0 Å². The van der Waals surface area contributed by atoms with Crippen molar-refractivity contribution in [1.82, 2.24) is 0 Å². The summed E-state index contributed by atoms with van der Waals surface area (Å²) in [6.45, 7) is 8.32. The maximum atomic E-state index is 9.55. The minimum absolute atomic E-state index is 0.204. The normalized spacial score (nSPS) is 13.3. The van der Waals surface area contributed by atoms with E-state index in [-0.39, 0.29) is 10.9 Å². The molecule has 1 atom stereocenters. The third-order valence-corrected chi connectivity index (χ3v) is 2.91. The molecule has 0 spiro atoms. The number of aliphatic hydroxyl groups excluding tert-OH is 1. The van der Waals surface area contributed by atoms with E-state index in [0.717, 1.165) is 18.6 Å². The standard InChI is InChI=1S/C11H20OS/c1-5-6-7-8-10(12)9-13-11(2,3)4/h10,12H,7-9H2,1-4H3. The van der Waals surface area contributed by atoms with Crippen LogP contribution >= 0.6 is 11.8 Å². The van der Waals surface area contributed by atoms with Crippen molar-refractivity contribution in [1.29, 1.82) is 0 Å². The molecule has 0 aliphatic carbocycles. The highest BCUT2D eigenvalue weighted by Crippen LogP contribution is 2.24. The average molecular weight is 200 g/mol. The summed E-state index contributed by atoms with van der Waals surface area (Å²) in [4.78, 5) is 0. The second-order valence-electron chi connectivity index (χ2n) is 4.04. The van der Waals surface area contributed by atoms with Gasteiger partial charge in [0.2, 0.25) is 0 Å². The first kappa shape index (κ1) is 12.9. The minimum Gasteiger partial charge on any atom is -0.392 e. The van der Waals surface area contributed by atoms with Gasteiger partial charge in [0.1, 0.15) is 0 Å². The number of rotatable bonds is 4. The maximum absolute atomic E-state index is 9.55. The summed E-state index contributed by atoms with van der Waals surface area (Å²) in [7, 11) is 0. The molecule has 0 fully saturated rings.